The summed E-state index contributed by atoms with van der Waals surface area (Å²) in [6.07, 6.45) is 6.67. The van der Waals surface area contributed by atoms with E-state index < -0.39 is 0 Å². The van der Waals surface area contributed by atoms with Crippen LogP contribution in [-0.2, 0) is 18.4 Å². The Hall–Kier alpha value is -2.30. The number of aryl methyl sites for hydroxylation is 2. The molecule has 0 N–H and O–H groups in total. The molecule has 0 aliphatic heterocycles. The van der Waals surface area contributed by atoms with Crippen LogP contribution in [0.3, 0.4) is 0 Å². The van der Waals surface area contributed by atoms with E-state index in [-0.39, 0.29) is 5.91 Å². The Morgan fingerprint density at radius 2 is 2.37 bits per heavy atom. The molecule has 5 heteroatoms. The van der Waals surface area contributed by atoms with Gasteiger partial charge in [-0.25, -0.2) is 0 Å². The lowest BCUT2D eigenvalue weighted by Crippen LogP contribution is -2.24. The van der Waals surface area contributed by atoms with Gasteiger partial charge in [0, 0.05) is 38.5 Å². The van der Waals surface area contributed by atoms with Crippen LogP contribution in [0.2, 0.25) is 0 Å². The number of carbonyl (C=O) groups is 1. The molecule has 2 rings (SSSR count). The zero-order valence-electron chi connectivity index (χ0n) is 11.3. The van der Waals surface area contributed by atoms with Gasteiger partial charge in [0.25, 0.3) is 0 Å². The molecule has 0 unspecified atom stereocenters. The monoisotopic (exact) mass is 259 g/mol. The molecule has 0 aliphatic carbocycles. The van der Waals surface area contributed by atoms with E-state index in [0.29, 0.717) is 12.3 Å². The topological polar surface area (TPSA) is 51.3 Å². The van der Waals surface area contributed by atoms with Gasteiger partial charge in [0.2, 0.25) is 5.91 Å². The minimum Gasteiger partial charge on any atom is -0.465 e. The first-order valence-electron chi connectivity index (χ1n) is 6.02. The first-order chi connectivity index (χ1) is 9.06. The molecule has 0 spiro atoms. The fraction of sp³-hybridized carbons (Fsp3) is 0.286. The van der Waals surface area contributed by atoms with Crippen molar-refractivity contribution in [2.45, 2.75) is 13.5 Å². The van der Waals surface area contributed by atoms with Crippen molar-refractivity contribution in [3.05, 3.63) is 47.7 Å². The Morgan fingerprint density at radius 3 is 2.95 bits per heavy atom. The van der Waals surface area contributed by atoms with E-state index in [0.717, 1.165) is 11.3 Å². The smallest absolute Gasteiger partial charge is 0.246 e. The van der Waals surface area contributed by atoms with Crippen LogP contribution in [0, 0.1) is 6.92 Å². The van der Waals surface area contributed by atoms with Gasteiger partial charge in [0.05, 0.1) is 12.0 Å². The molecule has 0 aromatic carbocycles. The highest BCUT2D eigenvalue weighted by molar-refractivity contribution is 5.91. The summed E-state index contributed by atoms with van der Waals surface area (Å²) >= 11 is 0. The Labute approximate surface area is 112 Å². The van der Waals surface area contributed by atoms with Gasteiger partial charge >= 0.3 is 0 Å². The quantitative estimate of drug-likeness (QED) is 0.789. The first kappa shape index (κ1) is 13.1. The predicted octanol–water partition coefficient (Wildman–Crippen LogP) is 1.99. The lowest BCUT2D eigenvalue weighted by Gasteiger charge is -2.14. The van der Waals surface area contributed by atoms with Gasteiger partial charge in [-0.15, -0.1) is 0 Å². The van der Waals surface area contributed by atoms with E-state index >= 15 is 0 Å². The summed E-state index contributed by atoms with van der Waals surface area (Å²) in [5, 5.41) is 4.26. The lowest BCUT2D eigenvalue weighted by molar-refractivity contribution is -0.125. The third kappa shape index (κ3) is 3.34. The summed E-state index contributed by atoms with van der Waals surface area (Å²) in [6.45, 7) is 2.48. The van der Waals surface area contributed by atoms with Gasteiger partial charge in [0.1, 0.15) is 5.76 Å². The largest absolute Gasteiger partial charge is 0.465 e. The maximum absolute atomic E-state index is 11.9. The molecule has 0 atom stereocenters. The minimum absolute atomic E-state index is 0.0698. The summed E-state index contributed by atoms with van der Waals surface area (Å²) in [5.41, 5.74) is 1.99. The van der Waals surface area contributed by atoms with Crippen LogP contribution in [0.5, 0.6) is 0 Å². The van der Waals surface area contributed by atoms with Crippen LogP contribution >= 0.6 is 0 Å². The SMILES string of the molecule is Cc1nn(C)cc1CN(C)C(=O)/C=C/c1ccco1. The summed E-state index contributed by atoms with van der Waals surface area (Å²) < 4.78 is 6.89. The zero-order valence-corrected chi connectivity index (χ0v) is 11.3. The molecule has 0 radical (unpaired) electrons. The maximum Gasteiger partial charge on any atom is 0.246 e. The Kier molecular flexibility index (Phi) is 3.85. The number of likely N-dealkylation sites (N-methyl/N-ethyl adjacent to an activating group) is 1. The zero-order chi connectivity index (χ0) is 13.8. The number of nitrogens with zero attached hydrogens (tertiary/aromatic N) is 3. The predicted molar refractivity (Wildman–Crippen MR) is 72.2 cm³/mol. The fourth-order valence-electron chi connectivity index (χ4n) is 1.80. The van der Waals surface area contributed by atoms with Gasteiger partial charge in [-0.05, 0) is 25.1 Å². The molecule has 2 aromatic heterocycles. The Morgan fingerprint density at radius 1 is 1.58 bits per heavy atom. The summed E-state index contributed by atoms with van der Waals surface area (Å²) in [6, 6.07) is 3.59. The molecule has 0 saturated carbocycles. The third-order valence-corrected chi connectivity index (χ3v) is 2.83. The van der Waals surface area contributed by atoms with Crippen LogP contribution in [0.15, 0.2) is 35.1 Å². The van der Waals surface area contributed by atoms with E-state index in [1.807, 2.05) is 20.2 Å². The van der Waals surface area contributed by atoms with Crippen molar-refractivity contribution in [3.8, 4) is 0 Å². The number of aromatic nitrogens is 2. The molecule has 0 fully saturated rings. The van der Waals surface area contributed by atoms with Crippen LogP contribution < -0.4 is 0 Å². The second kappa shape index (κ2) is 5.56. The summed E-state index contributed by atoms with van der Waals surface area (Å²) in [4.78, 5) is 13.6. The number of hydrogen-bond donors (Lipinski definition) is 0. The average molecular weight is 259 g/mol. The van der Waals surface area contributed by atoms with Crippen molar-refractivity contribution in [1.29, 1.82) is 0 Å². The van der Waals surface area contributed by atoms with Crippen molar-refractivity contribution >= 4 is 12.0 Å². The normalized spacial score (nSPS) is 11.1. The standard InChI is InChI=1S/C14H17N3O2/c1-11-12(10-17(3)15-11)9-16(2)14(18)7-6-13-5-4-8-19-13/h4-8,10H,9H2,1-3H3/b7-6+. The average Bonchev–Trinajstić information content (AvgIpc) is 2.97. The lowest BCUT2D eigenvalue weighted by atomic mass is 10.2. The summed E-state index contributed by atoms with van der Waals surface area (Å²) in [7, 11) is 3.64. The number of hydrogen-bond acceptors (Lipinski definition) is 3. The van der Waals surface area contributed by atoms with Crippen molar-refractivity contribution in [2.24, 2.45) is 7.05 Å². The Balaban J connectivity index is 1.98. The Bertz CT molecular complexity index is 582. The molecule has 0 saturated heterocycles. The summed E-state index contributed by atoms with van der Waals surface area (Å²) in [5.74, 6) is 0.596. The number of furan rings is 1. The molecular weight excluding hydrogens is 242 g/mol. The second-order valence-corrected chi connectivity index (χ2v) is 4.46. The molecule has 0 bridgehead atoms. The fourth-order valence-corrected chi connectivity index (χ4v) is 1.80. The van der Waals surface area contributed by atoms with Gasteiger partial charge in [0.15, 0.2) is 0 Å². The van der Waals surface area contributed by atoms with Crippen LogP contribution in [0.1, 0.15) is 17.0 Å². The molecule has 1 amide bonds. The molecule has 2 heterocycles. The highest BCUT2D eigenvalue weighted by Crippen LogP contribution is 2.09. The van der Waals surface area contributed by atoms with Gasteiger partial charge in [-0.2, -0.15) is 5.10 Å². The van der Waals surface area contributed by atoms with E-state index in [1.54, 1.807) is 41.1 Å². The highest BCUT2D eigenvalue weighted by atomic mass is 16.3. The van der Waals surface area contributed by atoms with E-state index in [1.165, 1.54) is 6.08 Å². The molecular formula is C14H17N3O2. The maximum atomic E-state index is 11.9. The number of amides is 1. The van der Waals surface area contributed by atoms with Gasteiger partial charge < -0.3 is 9.32 Å². The van der Waals surface area contributed by atoms with Crippen molar-refractivity contribution in [1.82, 2.24) is 14.7 Å². The molecule has 5 nitrogen and oxygen atoms in total. The molecule has 2 aromatic rings. The third-order valence-electron chi connectivity index (χ3n) is 2.83. The van der Waals surface area contributed by atoms with Crippen molar-refractivity contribution in [2.75, 3.05) is 7.05 Å². The van der Waals surface area contributed by atoms with Crippen LogP contribution in [0.4, 0.5) is 0 Å². The highest BCUT2D eigenvalue weighted by Gasteiger charge is 2.10. The van der Waals surface area contributed by atoms with Crippen molar-refractivity contribution in [3.63, 3.8) is 0 Å². The van der Waals surface area contributed by atoms with Gasteiger partial charge in [-0.3, -0.25) is 9.48 Å². The van der Waals surface area contributed by atoms with E-state index in [4.69, 9.17) is 4.42 Å². The minimum atomic E-state index is -0.0698. The van der Waals surface area contributed by atoms with Gasteiger partial charge in [-0.1, -0.05) is 0 Å². The van der Waals surface area contributed by atoms with Crippen LogP contribution in [-0.4, -0.2) is 27.6 Å². The molecule has 19 heavy (non-hydrogen) atoms. The second-order valence-electron chi connectivity index (χ2n) is 4.46. The first-order valence-corrected chi connectivity index (χ1v) is 6.02. The number of carbonyl (C=O) groups excluding carboxylic acids is 1. The van der Waals surface area contributed by atoms with Crippen molar-refractivity contribution < 1.29 is 9.21 Å². The van der Waals surface area contributed by atoms with E-state index in [2.05, 4.69) is 5.10 Å². The van der Waals surface area contributed by atoms with E-state index in [9.17, 15) is 4.79 Å². The van der Waals surface area contributed by atoms with Crippen LogP contribution in [0.25, 0.3) is 6.08 Å². The molecule has 100 valence electrons. The molecule has 0 aliphatic rings. The number of rotatable bonds is 4.